The van der Waals surface area contributed by atoms with Crippen molar-refractivity contribution in [1.82, 2.24) is 14.9 Å². The van der Waals surface area contributed by atoms with Gasteiger partial charge < -0.3 is 15.6 Å². The summed E-state index contributed by atoms with van der Waals surface area (Å²) in [5.41, 5.74) is 7.35. The molecule has 2 aromatic rings. The summed E-state index contributed by atoms with van der Waals surface area (Å²) in [6.45, 7) is 0.503. The maximum absolute atomic E-state index is 12.2. The average Bonchev–Trinajstić information content (AvgIpc) is 3.18. The minimum Gasteiger partial charge on any atom is -0.348 e. The van der Waals surface area contributed by atoms with Crippen molar-refractivity contribution in [1.29, 1.82) is 0 Å². The lowest BCUT2D eigenvalue weighted by Gasteiger charge is -2.16. The smallest absolute Gasteiger partial charge is 0.251 e. The number of nitrogens with one attached hydrogen (secondary N) is 1. The molecular formula is C15H20Cl2N4O. The van der Waals surface area contributed by atoms with Crippen LogP contribution in [0.1, 0.15) is 23.2 Å². The van der Waals surface area contributed by atoms with Crippen LogP contribution >= 0.6 is 24.8 Å². The third kappa shape index (κ3) is 4.22. The third-order valence-electron chi connectivity index (χ3n) is 3.69. The molecule has 3 rings (SSSR count). The van der Waals surface area contributed by atoms with E-state index in [1.807, 2.05) is 35.0 Å². The number of halogens is 2. The summed E-state index contributed by atoms with van der Waals surface area (Å²) in [4.78, 5) is 16.2. The number of benzene rings is 1. The van der Waals surface area contributed by atoms with Crippen molar-refractivity contribution in [2.75, 3.05) is 6.54 Å². The molecule has 1 aliphatic carbocycles. The summed E-state index contributed by atoms with van der Waals surface area (Å²) in [6, 6.07) is 7.57. The molecular weight excluding hydrogens is 323 g/mol. The molecule has 0 bridgehead atoms. The average molecular weight is 343 g/mol. The number of rotatable bonds is 5. The van der Waals surface area contributed by atoms with Gasteiger partial charge in [-0.3, -0.25) is 4.79 Å². The second kappa shape index (κ2) is 8.17. The number of hydrogen-bond donors (Lipinski definition) is 2. The molecule has 1 aliphatic rings. The largest absolute Gasteiger partial charge is 0.348 e. The van der Waals surface area contributed by atoms with Crippen molar-refractivity contribution < 1.29 is 4.79 Å². The number of nitrogens with zero attached hydrogens (tertiary/aromatic N) is 2. The van der Waals surface area contributed by atoms with E-state index in [2.05, 4.69) is 10.3 Å². The number of imidazole rings is 1. The van der Waals surface area contributed by atoms with Crippen LogP contribution in [0.3, 0.4) is 0 Å². The van der Waals surface area contributed by atoms with E-state index in [1.165, 1.54) is 12.8 Å². The summed E-state index contributed by atoms with van der Waals surface area (Å²) in [5, 5.41) is 3.02. The molecule has 0 saturated heterocycles. The first-order valence-corrected chi connectivity index (χ1v) is 6.87. The fraction of sp³-hybridized carbons (Fsp3) is 0.333. The molecule has 7 heteroatoms. The first-order chi connectivity index (χ1) is 9.78. The predicted molar refractivity (Wildman–Crippen MR) is 91.1 cm³/mol. The van der Waals surface area contributed by atoms with Gasteiger partial charge in [0.1, 0.15) is 0 Å². The van der Waals surface area contributed by atoms with Crippen molar-refractivity contribution in [2.45, 2.75) is 18.9 Å². The van der Waals surface area contributed by atoms with Crippen LogP contribution in [0.15, 0.2) is 43.0 Å². The van der Waals surface area contributed by atoms with E-state index in [0.29, 0.717) is 18.0 Å². The normalized spacial score (nSPS) is 14.4. The van der Waals surface area contributed by atoms with Gasteiger partial charge in [-0.05, 0) is 43.0 Å². The Morgan fingerprint density at radius 3 is 2.50 bits per heavy atom. The Balaban J connectivity index is 0.00000121. The highest BCUT2D eigenvalue weighted by molar-refractivity contribution is 5.94. The van der Waals surface area contributed by atoms with Gasteiger partial charge in [0.15, 0.2) is 0 Å². The molecule has 0 aliphatic heterocycles. The fourth-order valence-corrected chi connectivity index (χ4v) is 2.32. The second-order valence-electron chi connectivity index (χ2n) is 5.17. The fourth-order valence-electron chi connectivity index (χ4n) is 2.32. The van der Waals surface area contributed by atoms with Crippen molar-refractivity contribution in [2.24, 2.45) is 11.7 Å². The molecule has 1 saturated carbocycles. The van der Waals surface area contributed by atoms with Crippen LogP contribution in [-0.4, -0.2) is 28.0 Å². The predicted octanol–water partition coefficient (Wildman–Crippen LogP) is 2.18. The zero-order valence-corrected chi connectivity index (χ0v) is 13.6. The third-order valence-corrected chi connectivity index (χ3v) is 3.69. The highest BCUT2D eigenvalue weighted by Crippen LogP contribution is 2.32. The number of amides is 1. The van der Waals surface area contributed by atoms with Gasteiger partial charge in [-0.2, -0.15) is 0 Å². The molecule has 0 radical (unpaired) electrons. The molecule has 1 aromatic heterocycles. The van der Waals surface area contributed by atoms with Crippen LogP contribution in [-0.2, 0) is 0 Å². The lowest BCUT2D eigenvalue weighted by Crippen LogP contribution is -2.41. The standard InChI is InChI=1S/C15H18N4O.2ClH/c16-9-14(11-1-2-11)18-15(20)12-3-5-13(6-4-12)19-8-7-17-10-19;;/h3-8,10-11,14H,1-2,9,16H2,(H,18,20);2*1H. The van der Waals surface area contributed by atoms with Gasteiger partial charge in [0.2, 0.25) is 0 Å². The Morgan fingerprint density at radius 2 is 2.00 bits per heavy atom. The number of nitrogens with two attached hydrogens (primary N) is 1. The van der Waals surface area contributed by atoms with Crippen LogP contribution in [0.2, 0.25) is 0 Å². The molecule has 0 spiro atoms. The molecule has 5 nitrogen and oxygen atoms in total. The molecule has 22 heavy (non-hydrogen) atoms. The van der Waals surface area contributed by atoms with Gasteiger partial charge >= 0.3 is 0 Å². The highest BCUT2D eigenvalue weighted by atomic mass is 35.5. The van der Waals surface area contributed by atoms with Crippen LogP contribution in [0.25, 0.3) is 5.69 Å². The first kappa shape index (κ1) is 18.5. The van der Waals surface area contributed by atoms with E-state index in [9.17, 15) is 4.79 Å². The van der Waals surface area contributed by atoms with E-state index in [1.54, 1.807) is 12.5 Å². The summed E-state index contributed by atoms with van der Waals surface area (Å²) >= 11 is 0. The molecule has 1 aromatic carbocycles. The van der Waals surface area contributed by atoms with E-state index in [-0.39, 0.29) is 36.8 Å². The Bertz CT molecular complexity index is 582. The van der Waals surface area contributed by atoms with Crippen molar-refractivity contribution >= 4 is 30.7 Å². The Hall–Kier alpha value is -1.56. The Labute approximate surface area is 142 Å². The van der Waals surface area contributed by atoms with Gasteiger partial charge in [-0.1, -0.05) is 0 Å². The minimum atomic E-state index is -0.0514. The highest BCUT2D eigenvalue weighted by Gasteiger charge is 2.31. The molecule has 3 N–H and O–H groups in total. The topological polar surface area (TPSA) is 72.9 Å². The first-order valence-electron chi connectivity index (χ1n) is 6.87. The lowest BCUT2D eigenvalue weighted by molar-refractivity contribution is 0.0933. The lowest BCUT2D eigenvalue weighted by atomic mass is 10.1. The van der Waals surface area contributed by atoms with Crippen LogP contribution in [0.4, 0.5) is 0 Å². The van der Waals surface area contributed by atoms with E-state index >= 15 is 0 Å². The van der Waals surface area contributed by atoms with Crippen LogP contribution < -0.4 is 11.1 Å². The summed E-state index contributed by atoms with van der Waals surface area (Å²) in [7, 11) is 0. The number of aromatic nitrogens is 2. The van der Waals surface area contributed by atoms with Crippen molar-refractivity contribution in [3.63, 3.8) is 0 Å². The van der Waals surface area contributed by atoms with E-state index in [0.717, 1.165) is 5.69 Å². The van der Waals surface area contributed by atoms with Gasteiger partial charge in [0, 0.05) is 36.2 Å². The Morgan fingerprint density at radius 1 is 1.32 bits per heavy atom. The van der Waals surface area contributed by atoms with Crippen molar-refractivity contribution in [3.05, 3.63) is 48.5 Å². The Kier molecular flexibility index (Phi) is 6.87. The molecule has 1 heterocycles. The monoisotopic (exact) mass is 342 g/mol. The number of carbonyl (C=O) groups is 1. The van der Waals surface area contributed by atoms with Crippen LogP contribution in [0, 0.1) is 5.92 Å². The SMILES string of the molecule is Cl.Cl.NCC(NC(=O)c1ccc(-n2ccnc2)cc1)C1CC1. The van der Waals surface area contributed by atoms with E-state index in [4.69, 9.17) is 5.73 Å². The molecule has 1 fully saturated rings. The maximum Gasteiger partial charge on any atom is 0.251 e. The van der Waals surface area contributed by atoms with E-state index < -0.39 is 0 Å². The number of carbonyl (C=O) groups excluding carboxylic acids is 1. The summed E-state index contributed by atoms with van der Waals surface area (Å²) in [5.74, 6) is 0.513. The molecule has 120 valence electrons. The molecule has 1 atom stereocenters. The van der Waals surface area contributed by atoms with Crippen molar-refractivity contribution in [3.8, 4) is 5.69 Å². The van der Waals surface area contributed by atoms with Gasteiger partial charge in [-0.25, -0.2) is 4.98 Å². The number of hydrogen-bond acceptors (Lipinski definition) is 3. The van der Waals surface area contributed by atoms with Gasteiger partial charge in [0.25, 0.3) is 5.91 Å². The summed E-state index contributed by atoms with van der Waals surface area (Å²) in [6.07, 6.45) is 7.66. The minimum absolute atomic E-state index is 0. The second-order valence-corrected chi connectivity index (χ2v) is 5.17. The quantitative estimate of drug-likeness (QED) is 0.874. The zero-order valence-electron chi connectivity index (χ0n) is 12.0. The van der Waals surface area contributed by atoms with Gasteiger partial charge in [0.05, 0.1) is 6.33 Å². The summed E-state index contributed by atoms with van der Waals surface area (Å²) < 4.78 is 1.90. The molecule has 1 unspecified atom stereocenters. The van der Waals surface area contributed by atoms with Gasteiger partial charge in [-0.15, -0.1) is 24.8 Å². The van der Waals surface area contributed by atoms with Crippen LogP contribution in [0.5, 0.6) is 0 Å². The zero-order chi connectivity index (χ0) is 13.9. The molecule has 1 amide bonds. The maximum atomic E-state index is 12.2.